The number of methoxy groups -OCH3 is 2. The van der Waals surface area contributed by atoms with Crippen LogP contribution in [-0.2, 0) is 13.0 Å². The van der Waals surface area contributed by atoms with Crippen molar-refractivity contribution in [2.75, 3.05) is 34.4 Å². The zero-order chi connectivity index (χ0) is 18.9. The number of likely N-dealkylation sites (N-methyl/N-ethyl adjacent to an activating group) is 1. The van der Waals surface area contributed by atoms with Gasteiger partial charge in [-0.25, -0.2) is 4.99 Å². The molecule has 1 heterocycles. The van der Waals surface area contributed by atoms with E-state index in [0.717, 1.165) is 42.5 Å². The van der Waals surface area contributed by atoms with Crippen molar-refractivity contribution >= 4 is 5.96 Å². The van der Waals surface area contributed by atoms with E-state index in [-0.39, 0.29) is 0 Å². The maximum absolute atomic E-state index is 5.36. The van der Waals surface area contributed by atoms with Crippen molar-refractivity contribution in [2.24, 2.45) is 4.99 Å². The van der Waals surface area contributed by atoms with Crippen LogP contribution in [0.15, 0.2) is 27.7 Å². The molecule has 26 heavy (non-hydrogen) atoms. The Morgan fingerprint density at radius 3 is 2.65 bits per heavy atom. The first kappa shape index (κ1) is 19.6. The van der Waals surface area contributed by atoms with Gasteiger partial charge in [-0.1, -0.05) is 11.2 Å². The molecule has 1 N–H and O–H groups in total. The number of nitrogens with one attached hydrogen (secondary N) is 1. The molecule has 0 bridgehead atoms. The molecule has 0 fully saturated rings. The minimum absolute atomic E-state index is 0.351. The minimum Gasteiger partial charge on any atom is -0.493 e. The van der Waals surface area contributed by atoms with Crippen LogP contribution in [-0.4, -0.2) is 55.4 Å². The molecule has 8 heteroatoms. The predicted octanol–water partition coefficient (Wildman–Crippen LogP) is 2.04. The normalized spacial score (nSPS) is 11.3. The van der Waals surface area contributed by atoms with Gasteiger partial charge >= 0.3 is 0 Å². The summed E-state index contributed by atoms with van der Waals surface area (Å²) in [5, 5.41) is 7.06. The highest BCUT2D eigenvalue weighted by Gasteiger charge is 2.09. The third-order valence-electron chi connectivity index (χ3n) is 3.81. The first-order valence-electron chi connectivity index (χ1n) is 8.56. The molecule has 0 aliphatic rings. The van der Waals surface area contributed by atoms with Crippen molar-refractivity contribution in [3.05, 3.63) is 35.5 Å². The molecule has 0 saturated carbocycles. The van der Waals surface area contributed by atoms with Gasteiger partial charge in [-0.15, -0.1) is 0 Å². The lowest BCUT2D eigenvalue weighted by atomic mass is 10.1. The molecule has 0 saturated heterocycles. The van der Waals surface area contributed by atoms with E-state index in [1.807, 2.05) is 32.2 Å². The second kappa shape index (κ2) is 9.65. The Labute approximate surface area is 154 Å². The van der Waals surface area contributed by atoms with Crippen molar-refractivity contribution in [1.82, 2.24) is 20.4 Å². The molecule has 0 amide bonds. The van der Waals surface area contributed by atoms with Crippen LogP contribution in [0.25, 0.3) is 0 Å². The average Bonchev–Trinajstić information content (AvgIpc) is 3.08. The van der Waals surface area contributed by atoms with Crippen LogP contribution in [0.5, 0.6) is 11.5 Å². The van der Waals surface area contributed by atoms with Gasteiger partial charge < -0.3 is 24.2 Å². The maximum atomic E-state index is 5.36. The monoisotopic (exact) mass is 361 g/mol. The van der Waals surface area contributed by atoms with Crippen LogP contribution in [0.4, 0.5) is 0 Å². The Hall–Kier alpha value is -2.77. The summed E-state index contributed by atoms with van der Waals surface area (Å²) in [5.41, 5.74) is 1.16. The van der Waals surface area contributed by atoms with E-state index < -0.39 is 0 Å². The Balaban J connectivity index is 1.99. The maximum Gasteiger partial charge on any atom is 0.248 e. The van der Waals surface area contributed by atoms with Gasteiger partial charge in [-0.3, -0.25) is 0 Å². The lowest BCUT2D eigenvalue weighted by Crippen LogP contribution is -2.40. The van der Waals surface area contributed by atoms with Gasteiger partial charge in [-0.05, 0) is 38.0 Å². The summed E-state index contributed by atoms with van der Waals surface area (Å²) in [4.78, 5) is 10.8. The Morgan fingerprint density at radius 2 is 2.04 bits per heavy atom. The molecule has 1 aromatic carbocycles. The molecule has 0 aliphatic heterocycles. The second-order valence-electron chi connectivity index (χ2n) is 5.77. The van der Waals surface area contributed by atoms with E-state index in [9.17, 15) is 0 Å². The van der Waals surface area contributed by atoms with E-state index in [4.69, 9.17) is 14.0 Å². The number of nitrogens with zero attached hydrogens (tertiary/aromatic N) is 4. The third kappa shape index (κ3) is 5.37. The molecule has 0 unspecified atom stereocenters. The van der Waals surface area contributed by atoms with E-state index in [1.54, 1.807) is 21.1 Å². The number of aliphatic imine (C=N–C) groups is 1. The lowest BCUT2D eigenvalue weighted by Gasteiger charge is -2.22. The fraction of sp³-hybridized carbons (Fsp3) is 0.500. The summed E-state index contributed by atoms with van der Waals surface area (Å²) in [6.07, 6.45) is 0.848. The molecule has 2 rings (SSSR count). The standard InChI is InChI=1S/C18H27N5O3/c1-6-19-18(20-12-17-21-13(2)22-26-17)23(3)10-9-14-7-8-15(24-4)16(11-14)25-5/h7-8,11H,6,9-10,12H2,1-5H3,(H,19,20). The van der Waals surface area contributed by atoms with Gasteiger partial charge in [0.25, 0.3) is 0 Å². The number of guanidine groups is 1. The molecular formula is C18H27N5O3. The highest BCUT2D eigenvalue weighted by Crippen LogP contribution is 2.27. The molecule has 0 radical (unpaired) electrons. The van der Waals surface area contributed by atoms with E-state index >= 15 is 0 Å². The fourth-order valence-electron chi connectivity index (χ4n) is 2.46. The molecule has 0 aliphatic carbocycles. The zero-order valence-corrected chi connectivity index (χ0v) is 16.1. The number of hydrogen-bond donors (Lipinski definition) is 1. The van der Waals surface area contributed by atoms with Gasteiger partial charge in [0.1, 0.15) is 6.54 Å². The third-order valence-corrected chi connectivity index (χ3v) is 3.81. The van der Waals surface area contributed by atoms with Crippen LogP contribution in [0.1, 0.15) is 24.2 Å². The average molecular weight is 361 g/mol. The van der Waals surface area contributed by atoms with Crippen molar-refractivity contribution in [2.45, 2.75) is 26.8 Å². The SMILES string of the molecule is CCNC(=NCc1nc(C)no1)N(C)CCc1ccc(OC)c(OC)c1. The molecule has 0 atom stereocenters. The van der Waals surface area contributed by atoms with Crippen LogP contribution in [0, 0.1) is 6.92 Å². The Morgan fingerprint density at radius 1 is 1.27 bits per heavy atom. The van der Waals surface area contributed by atoms with Crippen LogP contribution < -0.4 is 14.8 Å². The first-order valence-corrected chi connectivity index (χ1v) is 8.56. The largest absolute Gasteiger partial charge is 0.493 e. The minimum atomic E-state index is 0.351. The lowest BCUT2D eigenvalue weighted by molar-refractivity contribution is 0.354. The van der Waals surface area contributed by atoms with E-state index in [2.05, 4.69) is 25.3 Å². The summed E-state index contributed by atoms with van der Waals surface area (Å²) < 4.78 is 15.7. The van der Waals surface area contributed by atoms with Crippen molar-refractivity contribution < 1.29 is 14.0 Å². The molecule has 8 nitrogen and oxygen atoms in total. The number of benzene rings is 1. The van der Waals surface area contributed by atoms with Gasteiger partial charge in [0.05, 0.1) is 14.2 Å². The molecule has 1 aromatic heterocycles. The quantitative estimate of drug-likeness (QED) is 0.569. The summed E-state index contributed by atoms with van der Waals surface area (Å²) >= 11 is 0. The predicted molar refractivity (Wildman–Crippen MR) is 99.7 cm³/mol. The van der Waals surface area contributed by atoms with E-state index in [0.29, 0.717) is 18.3 Å². The fourth-order valence-corrected chi connectivity index (χ4v) is 2.46. The highest BCUT2D eigenvalue weighted by molar-refractivity contribution is 5.79. The summed E-state index contributed by atoms with van der Waals surface area (Å²) in [5.74, 6) is 3.38. The Kier molecular flexibility index (Phi) is 7.25. The van der Waals surface area contributed by atoms with Gasteiger partial charge in [-0.2, -0.15) is 4.98 Å². The first-order chi connectivity index (χ1) is 12.6. The topological polar surface area (TPSA) is 85.0 Å². The van der Waals surface area contributed by atoms with Crippen molar-refractivity contribution in [1.29, 1.82) is 0 Å². The Bertz CT molecular complexity index is 729. The molecule has 0 spiro atoms. The van der Waals surface area contributed by atoms with Crippen LogP contribution >= 0.6 is 0 Å². The number of rotatable bonds is 8. The number of hydrogen-bond acceptors (Lipinski definition) is 6. The summed E-state index contributed by atoms with van der Waals surface area (Å²) in [7, 11) is 5.28. The smallest absolute Gasteiger partial charge is 0.248 e. The number of aryl methyl sites for hydroxylation is 1. The number of aromatic nitrogens is 2. The molecule has 2 aromatic rings. The van der Waals surface area contributed by atoms with Crippen molar-refractivity contribution in [3.8, 4) is 11.5 Å². The van der Waals surface area contributed by atoms with Gasteiger partial charge in [0.15, 0.2) is 23.3 Å². The molecule has 142 valence electrons. The second-order valence-corrected chi connectivity index (χ2v) is 5.77. The van der Waals surface area contributed by atoms with Gasteiger partial charge in [0.2, 0.25) is 5.89 Å². The zero-order valence-electron chi connectivity index (χ0n) is 16.1. The van der Waals surface area contributed by atoms with Crippen LogP contribution in [0.3, 0.4) is 0 Å². The summed E-state index contributed by atoms with van der Waals surface area (Å²) in [6.45, 7) is 5.75. The van der Waals surface area contributed by atoms with E-state index in [1.165, 1.54) is 0 Å². The number of ether oxygens (including phenoxy) is 2. The summed E-state index contributed by atoms with van der Waals surface area (Å²) in [6, 6.07) is 5.96. The van der Waals surface area contributed by atoms with Crippen molar-refractivity contribution in [3.63, 3.8) is 0 Å². The van der Waals surface area contributed by atoms with Crippen LogP contribution in [0.2, 0.25) is 0 Å². The molecular weight excluding hydrogens is 334 g/mol. The highest BCUT2D eigenvalue weighted by atomic mass is 16.5. The van der Waals surface area contributed by atoms with Gasteiger partial charge in [0, 0.05) is 20.1 Å².